The van der Waals surface area contributed by atoms with Crippen molar-refractivity contribution in [2.75, 3.05) is 6.54 Å². The fourth-order valence-corrected chi connectivity index (χ4v) is 0.944. The molecule has 11 heavy (non-hydrogen) atoms. The van der Waals surface area contributed by atoms with E-state index in [2.05, 4.69) is 0 Å². The normalized spacial score (nSPS) is 16.3. The van der Waals surface area contributed by atoms with E-state index in [-0.39, 0.29) is 12.5 Å². The highest BCUT2D eigenvalue weighted by Crippen LogP contribution is 2.18. The smallest absolute Gasteiger partial charge is 0.109 e. The van der Waals surface area contributed by atoms with Crippen molar-refractivity contribution in [3.05, 3.63) is 24.2 Å². The SMILES string of the molecule is CC(c1ccco1)C(O)CN. The van der Waals surface area contributed by atoms with Gasteiger partial charge in [-0.25, -0.2) is 0 Å². The maximum Gasteiger partial charge on any atom is 0.109 e. The molecule has 62 valence electrons. The molecule has 1 aromatic heterocycles. The Labute approximate surface area is 65.8 Å². The number of rotatable bonds is 3. The lowest BCUT2D eigenvalue weighted by Gasteiger charge is -2.13. The minimum atomic E-state index is -0.513. The molecule has 3 nitrogen and oxygen atoms in total. The van der Waals surface area contributed by atoms with Crippen molar-refractivity contribution in [1.29, 1.82) is 0 Å². The van der Waals surface area contributed by atoms with E-state index in [1.54, 1.807) is 12.3 Å². The lowest BCUT2D eigenvalue weighted by molar-refractivity contribution is 0.147. The number of furan rings is 1. The van der Waals surface area contributed by atoms with Gasteiger partial charge in [-0.2, -0.15) is 0 Å². The van der Waals surface area contributed by atoms with Crippen LogP contribution in [-0.2, 0) is 0 Å². The van der Waals surface area contributed by atoms with Gasteiger partial charge in [-0.3, -0.25) is 0 Å². The summed E-state index contributed by atoms with van der Waals surface area (Å²) in [6.07, 6.45) is 1.08. The van der Waals surface area contributed by atoms with E-state index in [0.717, 1.165) is 5.76 Å². The number of nitrogens with two attached hydrogens (primary N) is 1. The average Bonchev–Trinajstić information content (AvgIpc) is 2.53. The molecule has 0 aliphatic heterocycles. The summed E-state index contributed by atoms with van der Waals surface area (Å²) < 4.78 is 5.10. The number of hydrogen-bond donors (Lipinski definition) is 2. The highest BCUT2D eigenvalue weighted by Gasteiger charge is 2.16. The van der Waals surface area contributed by atoms with Crippen molar-refractivity contribution in [3.63, 3.8) is 0 Å². The molecule has 1 heterocycles. The first-order valence-corrected chi connectivity index (χ1v) is 3.67. The second-order valence-corrected chi connectivity index (χ2v) is 2.61. The van der Waals surface area contributed by atoms with Crippen molar-refractivity contribution in [1.82, 2.24) is 0 Å². The second kappa shape index (κ2) is 3.55. The van der Waals surface area contributed by atoms with E-state index in [0.29, 0.717) is 0 Å². The molecular formula is C8H13NO2. The summed E-state index contributed by atoms with van der Waals surface area (Å²) in [5, 5.41) is 9.31. The Hall–Kier alpha value is -0.800. The Morgan fingerprint density at radius 3 is 2.91 bits per heavy atom. The number of aliphatic hydroxyl groups is 1. The minimum absolute atomic E-state index is 0.0185. The number of hydrogen-bond acceptors (Lipinski definition) is 3. The topological polar surface area (TPSA) is 59.4 Å². The Morgan fingerprint density at radius 2 is 2.45 bits per heavy atom. The Balaban J connectivity index is 2.62. The molecule has 0 bridgehead atoms. The Kier molecular flexibility index (Phi) is 2.68. The van der Waals surface area contributed by atoms with Crippen LogP contribution in [0, 0.1) is 0 Å². The zero-order valence-corrected chi connectivity index (χ0v) is 6.53. The molecule has 2 atom stereocenters. The van der Waals surface area contributed by atoms with Crippen molar-refractivity contribution in [2.24, 2.45) is 5.73 Å². The van der Waals surface area contributed by atoms with E-state index >= 15 is 0 Å². The van der Waals surface area contributed by atoms with E-state index in [4.69, 9.17) is 10.2 Å². The summed E-state index contributed by atoms with van der Waals surface area (Å²) >= 11 is 0. The van der Waals surface area contributed by atoms with E-state index in [1.165, 1.54) is 0 Å². The van der Waals surface area contributed by atoms with Crippen LogP contribution >= 0.6 is 0 Å². The maximum atomic E-state index is 9.31. The lowest BCUT2D eigenvalue weighted by Crippen LogP contribution is -2.25. The zero-order chi connectivity index (χ0) is 8.27. The van der Waals surface area contributed by atoms with Crippen LogP contribution in [0.1, 0.15) is 18.6 Å². The van der Waals surface area contributed by atoms with Crippen molar-refractivity contribution in [2.45, 2.75) is 18.9 Å². The molecule has 3 heteroatoms. The quantitative estimate of drug-likeness (QED) is 0.675. The standard InChI is InChI=1S/C8H13NO2/c1-6(7(10)5-9)8-3-2-4-11-8/h2-4,6-7,10H,5,9H2,1H3. The van der Waals surface area contributed by atoms with Crippen LogP contribution < -0.4 is 5.73 Å². The second-order valence-electron chi connectivity index (χ2n) is 2.61. The van der Waals surface area contributed by atoms with Crippen molar-refractivity contribution < 1.29 is 9.52 Å². The highest BCUT2D eigenvalue weighted by atomic mass is 16.3. The monoisotopic (exact) mass is 155 g/mol. The predicted octanol–water partition coefficient (Wildman–Crippen LogP) is 0.703. The molecule has 0 aliphatic carbocycles. The summed E-state index contributed by atoms with van der Waals surface area (Å²) in [5.74, 6) is 0.762. The van der Waals surface area contributed by atoms with Crippen LogP contribution in [-0.4, -0.2) is 17.8 Å². The van der Waals surface area contributed by atoms with Gasteiger partial charge in [0.1, 0.15) is 5.76 Å². The molecular weight excluding hydrogens is 142 g/mol. The largest absolute Gasteiger partial charge is 0.469 e. The Morgan fingerprint density at radius 1 is 1.73 bits per heavy atom. The summed E-state index contributed by atoms with van der Waals surface area (Å²) in [6.45, 7) is 2.15. The third-order valence-electron chi connectivity index (χ3n) is 1.81. The van der Waals surface area contributed by atoms with Crippen molar-refractivity contribution in [3.8, 4) is 0 Å². The average molecular weight is 155 g/mol. The molecule has 0 amide bonds. The fourth-order valence-electron chi connectivity index (χ4n) is 0.944. The molecule has 0 saturated heterocycles. The van der Waals surface area contributed by atoms with Gasteiger partial charge < -0.3 is 15.3 Å². The highest BCUT2D eigenvalue weighted by molar-refractivity contribution is 5.05. The molecule has 2 unspecified atom stereocenters. The van der Waals surface area contributed by atoms with Crippen molar-refractivity contribution >= 4 is 0 Å². The zero-order valence-electron chi connectivity index (χ0n) is 6.53. The molecule has 3 N–H and O–H groups in total. The number of aliphatic hydroxyl groups excluding tert-OH is 1. The van der Waals surface area contributed by atoms with Gasteiger partial charge in [0.2, 0.25) is 0 Å². The van der Waals surface area contributed by atoms with Crippen LogP contribution in [0.3, 0.4) is 0 Å². The molecule has 0 spiro atoms. The maximum absolute atomic E-state index is 9.31. The lowest BCUT2D eigenvalue weighted by atomic mass is 10.0. The minimum Gasteiger partial charge on any atom is -0.469 e. The van der Waals surface area contributed by atoms with Gasteiger partial charge in [-0.05, 0) is 12.1 Å². The molecule has 1 rings (SSSR count). The Bertz CT molecular complexity index is 196. The third-order valence-corrected chi connectivity index (χ3v) is 1.81. The van der Waals surface area contributed by atoms with Gasteiger partial charge in [0, 0.05) is 12.5 Å². The van der Waals surface area contributed by atoms with E-state index in [1.807, 2.05) is 13.0 Å². The molecule has 1 aromatic rings. The van der Waals surface area contributed by atoms with Crippen LogP contribution in [0.5, 0.6) is 0 Å². The van der Waals surface area contributed by atoms with Crippen LogP contribution in [0.2, 0.25) is 0 Å². The summed E-state index contributed by atoms with van der Waals surface area (Å²) in [6, 6.07) is 3.64. The van der Waals surface area contributed by atoms with Gasteiger partial charge in [0.25, 0.3) is 0 Å². The van der Waals surface area contributed by atoms with Gasteiger partial charge in [0.15, 0.2) is 0 Å². The predicted molar refractivity (Wildman–Crippen MR) is 42.2 cm³/mol. The van der Waals surface area contributed by atoms with Gasteiger partial charge in [0.05, 0.1) is 12.4 Å². The fraction of sp³-hybridized carbons (Fsp3) is 0.500. The van der Waals surface area contributed by atoms with Crippen LogP contribution in [0.25, 0.3) is 0 Å². The molecule has 0 aliphatic rings. The van der Waals surface area contributed by atoms with Gasteiger partial charge in [-0.1, -0.05) is 6.92 Å². The van der Waals surface area contributed by atoms with Gasteiger partial charge in [-0.15, -0.1) is 0 Å². The van der Waals surface area contributed by atoms with Crippen LogP contribution in [0.4, 0.5) is 0 Å². The summed E-state index contributed by atoms with van der Waals surface area (Å²) in [7, 11) is 0. The summed E-state index contributed by atoms with van der Waals surface area (Å²) in [5.41, 5.74) is 5.29. The molecule has 0 aromatic carbocycles. The third kappa shape index (κ3) is 1.82. The first-order chi connectivity index (χ1) is 5.25. The van der Waals surface area contributed by atoms with E-state index < -0.39 is 6.10 Å². The first-order valence-electron chi connectivity index (χ1n) is 3.67. The molecule has 0 fully saturated rings. The van der Waals surface area contributed by atoms with Crippen LogP contribution in [0.15, 0.2) is 22.8 Å². The van der Waals surface area contributed by atoms with Gasteiger partial charge >= 0.3 is 0 Å². The summed E-state index contributed by atoms with van der Waals surface area (Å²) in [4.78, 5) is 0. The van der Waals surface area contributed by atoms with E-state index in [9.17, 15) is 5.11 Å². The first kappa shape index (κ1) is 8.30. The molecule has 0 saturated carbocycles. The molecule has 0 radical (unpaired) electrons.